The van der Waals surface area contributed by atoms with E-state index in [9.17, 15) is 5.11 Å². The summed E-state index contributed by atoms with van der Waals surface area (Å²) in [5.74, 6) is 0.348. The van der Waals surface area contributed by atoms with Crippen LogP contribution in [0.1, 0.15) is 41.0 Å². The molecule has 0 aromatic heterocycles. The zero-order valence-corrected chi connectivity index (χ0v) is 10.6. The van der Waals surface area contributed by atoms with Crippen LogP contribution >= 0.6 is 0 Å². The van der Waals surface area contributed by atoms with Gasteiger partial charge in [0.25, 0.3) is 0 Å². The Morgan fingerprint density at radius 1 is 1.13 bits per heavy atom. The SMILES string of the molecule is CC(C)C(N)CC(C)(N)C(O)C(C)(C)N. The third kappa shape index (κ3) is 4.47. The van der Waals surface area contributed by atoms with E-state index in [0.717, 1.165) is 0 Å². The van der Waals surface area contributed by atoms with Crippen molar-refractivity contribution in [3.8, 4) is 0 Å². The predicted octanol–water partition coefficient (Wildman–Crippen LogP) is 0.175. The summed E-state index contributed by atoms with van der Waals surface area (Å²) in [6.45, 7) is 9.42. The summed E-state index contributed by atoms with van der Waals surface area (Å²) in [7, 11) is 0. The molecule has 7 N–H and O–H groups in total. The van der Waals surface area contributed by atoms with Gasteiger partial charge in [-0.25, -0.2) is 0 Å². The lowest BCUT2D eigenvalue weighted by molar-refractivity contribution is 0.0277. The molecule has 0 aliphatic rings. The van der Waals surface area contributed by atoms with Crippen molar-refractivity contribution >= 4 is 0 Å². The van der Waals surface area contributed by atoms with Gasteiger partial charge in [0.05, 0.1) is 6.10 Å². The third-order valence-electron chi connectivity index (χ3n) is 2.86. The average Bonchev–Trinajstić information content (AvgIpc) is 2.00. The molecular weight excluding hydrogens is 190 g/mol. The van der Waals surface area contributed by atoms with Crippen molar-refractivity contribution in [2.24, 2.45) is 23.1 Å². The molecule has 0 saturated carbocycles. The predicted molar refractivity (Wildman–Crippen MR) is 64.3 cm³/mol. The molecule has 3 atom stereocenters. The van der Waals surface area contributed by atoms with Gasteiger partial charge in [-0.05, 0) is 33.1 Å². The highest BCUT2D eigenvalue weighted by Crippen LogP contribution is 2.23. The summed E-state index contributed by atoms with van der Waals surface area (Å²) < 4.78 is 0. The Morgan fingerprint density at radius 3 is 1.80 bits per heavy atom. The van der Waals surface area contributed by atoms with Crippen LogP contribution in [0, 0.1) is 5.92 Å². The van der Waals surface area contributed by atoms with Crippen molar-refractivity contribution in [2.75, 3.05) is 0 Å². The lowest BCUT2D eigenvalue weighted by atomic mass is 9.78. The van der Waals surface area contributed by atoms with Crippen LogP contribution in [0.25, 0.3) is 0 Å². The minimum atomic E-state index is -0.769. The fraction of sp³-hybridized carbons (Fsp3) is 1.00. The number of hydrogen-bond acceptors (Lipinski definition) is 4. The largest absolute Gasteiger partial charge is 0.389 e. The average molecular weight is 217 g/mol. The second-order valence-electron chi connectivity index (χ2n) is 5.84. The van der Waals surface area contributed by atoms with Crippen LogP contribution < -0.4 is 17.2 Å². The lowest BCUT2D eigenvalue weighted by Crippen LogP contribution is -2.63. The van der Waals surface area contributed by atoms with E-state index in [0.29, 0.717) is 12.3 Å². The molecule has 0 radical (unpaired) electrons. The normalized spacial score (nSPS) is 21.2. The molecule has 0 aromatic rings. The Hall–Kier alpha value is -0.160. The van der Waals surface area contributed by atoms with Crippen LogP contribution in [0.2, 0.25) is 0 Å². The van der Waals surface area contributed by atoms with Gasteiger partial charge in [0, 0.05) is 17.1 Å². The number of hydrogen-bond donors (Lipinski definition) is 4. The lowest BCUT2D eigenvalue weighted by Gasteiger charge is -2.40. The molecule has 0 aromatic carbocycles. The molecule has 0 heterocycles. The first-order valence-electron chi connectivity index (χ1n) is 5.50. The second kappa shape index (κ2) is 4.78. The zero-order valence-electron chi connectivity index (χ0n) is 10.6. The second-order valence-corrected chi connectivity index (χ2v) is 5.84. The molecule has 92 valence electrons. The van der Waals surface area contributed by atoms with Gasteiger partial charge in [0.2, 0.25) is 0 Å². The molecule has 0 spiro atoms. The highest BCUT2D eigenvalue weighted by molar-refractivity contribution is 5.00. The number of aliphatic hydroxyl groups is 1. The van der Waals surface area contributed by atoms with Crippen molar-refractivity contribution < 1.29 is 5.11 Å². The van der Waals surface area contributed by atoms with Crippen molar-refractivity contribution in [2.45, 2.75) is 64.3 Å². The molecule has 4 nitrogen and oxygen atoms in total. The van der Waals surface area contributed by atoms with Crippen LogP contribution in [0.4, 0.5) is 0 Å². The monoisotopic (exact) mass is 217 g/mol. The van der Waals surface area contributed by atoms with Gasteiger partial charge in [-0.15, -0.1) is 0 Å². The molecule has 0 saturated heterocycles. The van der Waals surface area contributed by atoms with Crippen LogP contribution in [0.3, 0.4) is 0 Å². The Bertz CT molecular complexity index is 196. The van der Waals surface area contributed by atoms with Crippen LogP contribution in [0.5, 0.6) is 0 Å². The molecule has 0 bridgehead atoms. The van der Waals surface area contributed by atoms with E-state index >= 15 is 0 Å². The van der Waals surface area contributed by atoms with Crippen LogP contribution in [-0.2, 0) is 0 Å². The molecule has 0 amide bonds. The molecule has 0 rings (SSSR count). The third-order valence-corrected chi connectivity index (χ3v) is 2.86. The maximum Gasteiger partial charge on any atom is 0.0891 e. The van der Waals surface area contributed by atoms with Crippen molar-refractivity contribution in [3.05, 3.63) is 0 Å². The summed E-state index contributed by atoms with van der Waals surface area (Å²) in [6, 6.07) is -0.0167. The fourth-order valence-electron chi connectivity index (χ4n) is 1.71. The minimum absolute atomic E-state index is 0.0167. The Kier molecular flexibility index (Phi) is 4.73. The summed E-state index contributed by atoms with van der Waals surface area (Å²) >= 11 is 0. The van der Waals surface area contributed by atoms with E-state index in [1.807, 2.05) is 13.8 Å². The minimum Gasteiger partial charge on any atom is -0.389 e. The Labute approximate surface area is 93.2 Å². The molecule has 0 aliphatic heterocycles. The quantitative estimate of drug-likeness (QED) is 0.528. The van der Waals surface area contributed by atoms with Gasteiger partial charge in [0.1, 0.15) is 0 Å². The van der Waals surface area contributed by atoms with Crippen LogP contribution in [0.15, 0.2) is 0 Å². The summed E-state index contributed by atoms with van der Waals surface area (Å²) in [5, 5.41) is 10.0. The van der Waals surface area contributed by atoms with Gasteiger partial charge < -0.3 is 22.3 Å². The molecule has 4 heteroatoms. The topological polar surface area (TPSA) is 98.3 Å². The Morgan fingerprint density at radius 2 is 1.53 bits per heavy atom. The smallest absolute Gasteiger partial charge is 0.0891 e. The highest BCUT2D eigenvalue weighted by Gasteiger charge is 2.38. The first-order chi connectivity index (χ1) is 6.48. The molecule has 3 unspecified atom stereocenters. The van der Waals surface area contributed by atoms with Crippen molar-refractivity contribution in [3.63, 3.8) is 0 Å². The van der Waals surface area contributed by atoms with E-state index < -0.39 is 17.2 Å². The number of nitrogens with two attached hydrogens (primary N) is 3. The van der Waals surface area contributed by atoms with Crippen molar-refractivity contribution in [1.82, 2.24) is 0 Å². The van der Waals surface area contributed by atoms with Crippen LogP contribution in [-0.4, -0.2) is 28.3 Å². The molecule has 0 fully saturated rings. The van der Waals surface area contributed by atoms with E-state index in [1.165, 1.54) is 0 Å². The molecule has 15 heavy (non-hydrogen) atoms. The molecular formula is C11H27N3O. The van der Waals surface area contributed by atoms with E-state index in [-0.39, 0.29) is 6.04 Å². The van der Waals surface area contributed by atoms with E-state index in [4.69, 9.17) is 17.2 Å². The first-order valence-corrected chi connectivity index (χ1v) is 5.50. The highest BCUT2D eigenvalue weighted by atomic mass is 16.3. The standard InChI is InChI=1S/C11H27N3O/c1-7(2)8(12)6-11(5,14)9(15)10(3,4)13/h7-9,15H,6,12-14H2,1-5H3. The van der Waals surface area contributed by atoms with Crippen molar-refractivity contribution in [1.29, 1.82) is 0 Å². The van der Waals surface area contributed by atoms with Gasteiger partial charge in [-0.3, -0.25) is 0 Å². The number of rotatable bonds is 5. The van der Waals surface area contributed by atoms with Gasteiger partial charge in [0.15, 0.2) is 0 Å². The number of aliphatic hydroxyl groups excluding tert-OH is 1. The maximum absolute atomic E-state index is 10.0. The first kappa shape index (κ1) is 14.8. The van der Waals surface area contributed by atoms with E-state index in [2.05, 4.69) is 0 Å². The van der Waals surface area contributed by atoms with Gasteiger partial charge in [-0.1, -0.05) is 13.8 Å². The molecule has 0 aliphatic carbocycles. The van der Waals surface area contributed by atoms with Gasteiger partial charge >= 0.3 is 0 Å². The zero-order chi connectivity index (χ0) is 12.4. The van der Waals surface area contributed by atoms with E-state index in [1.54, 1.807) is 20.8 Å². The fourth-order valence-corrected chi connectivity index (χ4v) is 1.71. The summed E-state index contributed by atoms with van der Waals surface area (Å²) in [6.07, 6.45) is -0.207. The maximum atomic E-state index is 10.0. The Balaban J connectivity index is 4.55. The summed E-state index contributed by atoms with van der Waals surface area (Å²) in [5.41, 5.74) is 16.4. The van der Waals surface area contributed by atoms with Gasteiger partial charge in [-0.2, -0.15) is 0 Å². The summed E-state index contributed by atoms with van der Waals surface area (Å²) in [4.78, 5) is 0.